The van der Waals surface area contributed by atoms with Gasteiger partial charge in [0.1, 0.15) is 4.88 Å². The lowest BCUT2D eigenvalue weighted by Crippen LogP contribution is -2.34. The van der Waals surface area contributed by atoms with E-state index in [2.05, 4.69) is 51.5 Å². The van der Waals surface area contributed by atoms with Crippen molar-refractivity contribution in [3.63, 3.8) is 0 Å². The molecule has 2 aromatic rings. The van der Waals surface area contributed by atoms with E-state index >= 15 is 0 Å². The molecule has 1 fully saturated rings. The van der Waals surface area contributed by atoms with Gasteiger partial charge in [0.15, 0.2) is 0 Å². The maximum atomic E-state index is 11.9. The number of carbonyl (C=O) groups is 1. The van der Waals surface area contributed by atoms with E-state index in [-0.39, 0.29) is 0 Å². The maximum absolute atomic E-state index is 11.9. The third kappa shape index (κ3) is 4.91. The molecule has 4 nitrogen and oxygen atoms in total. The zero-order chi connectivity index (χ0) is 20.4. The van der Waals surface area contributed by atoms with E-state index in [1.165, 1.54) is 48.2 Å². The normalized spacial score (nSPS) is 23.4. The van der Waals surface area contributed by atoms with Gasteiger partial charge in [0.25, 0.3) is 0 Å². The molecule has 1 N–H and O–H groups in total. The van der Waals surface area contributed by atoms with Gasteiger partial charge in [-0.2, -0.15) is 0 Å². The first-order chi connectivity index (χ1) is 14.0. The number of hydrogen-bond acceptors (Lipinski definition) is 4. The van der Waals surface area contributed by atoms with Crippen LogP contribution in [0.3, 0.4) is 0 Å². The molecule has 0 aromatic carbocycles. The number of thiophene rings is 1. The SMILES string of the molecule is CC1CCC(C2=C(c3cc(I)sc3C(=O)O)CCN(Cc3ccccn3)C2)CC1. The van der Waals surface area contributed by atoms with Crippen LogP contribution in [0.1, 0.15) is 60.0 Å². The largest absolute Gasteiger partial charge is 0.477 e. The number of halogens is 1. The van der Waals surface area contributed by atoms with E-state index in [0.717, 1.165) is 46.1 Å². The highest BCUT2D eigenvalue weighted by atomic mass is 127. The maximum Gasteiger partial charge on any atom is 0.346 e. The minimum atomic E-state index is -0.798. The Morgan fingerprint density at radius 2 is 2.10 bits per heavy atom. The van der Waals surface area contributed by atoms with E-state index in [4.69, 9.17) is 0 Å². The van der Waals surface area contributed by atoms with Crippen LogP contribution in [0, 0.1) is 14.7 Å². The van der Waals surface area contributed by atoms with Crippen LogP contribution < -0.4 is 0 Å². The number of pyridine rings is 1. The van der Waals surface area contributed by atoms with Gasteiger partial charge in [0, 0.05) is 31.4 Å². The third-order valence-electron chi connectivity index (χ3n) is 6.30. The van der Waals surface area contributed by atoms with Crippen LogP contribution in [0.15, 0.2) is 36.0 Å². The molecule has 0 spiro atoms. The van der Waals surface area contributed by atoms with E-state index in [9.17, 15) is 9.90 Å². The van der Waals surface area contributed by atoms with Crippen molar-refractivity contribution in [1.29, 1.82) is 0 Å². The number of rotatable bonds is 5. The van der Waals surface area contributed by atoms with Gasteiger partial charge in [-0.05, 0) is 83.0 Å². The molecule has 2 aliphatic rings. The number of nitrogens with zero attached hydrogens (tertiary/aromatic N) is 2. The van der Waals surface area contributed by atoms with Crippen molar-refractivity contribution < 1.29 is 9.90 Å². The molecule has 4 rings (SSSR count). The molecular weight excluding hydrogens is 495 g/mol. The zero-order valence-corrected chi connectivity index (χ0v) is 19.7. The molecule has 1 aliphatic heterocycles. The standard InChI is InChI=1S/C23H27IN2O2S/c1-15-5-7-16(8-6-15)20-14-26(13-17-4-2-3-10-25-17)11-9-18(20)19-12-21(24)29-22(19)23(27)28/h2-4,10,12,15-16H,5-9,11,13-14H2,1H3,(H,27,28). The summed E-state index contributed by atoms with van der Waals surface area (Å²) in [6.45, 7) is 5.08. The van der Waals surface area contributed by atoms with Crippen LogP contribution in [-0.4, -0.2) is 34.0 Å². The molecule has 154 valence electrons. The van der Waals surface area contributed by atoms with Gasteiger partial charge in [0.2, 0.25) is 0 Å². The minimum absolute atomic E-state index is 0.504. The summed E-state index contributed by atoms with van der Waals surface area (Å²) in [7, 11) is 0. The number of carboxylic acids is 1. The van der Waals surface area contributed by atoms with Crippen molar-refractivity contribution >= 4 is 45.5 Å². The molecule has 1 aliphatic carbocycles. The summed E-state index contributed by atoms with van der Waals surface area (Å²) >= 11 is 3.65. The minimum Gasteiger partial charge on any atom is -0.477 e. The van der Waals surface area contributed by atoms with Gasteiger partial charge in [-0.3, -0.25) is 9.88 Å². The molecule has 2 aromatic heterocycles. The molecule has 6 heteroatoms. The summed E-state index contributed by atoms with van der Waals surface area (Å²) in [5.41, 5.74) is 4.86. The number of aromatic nitrogens is 1. The second-order valence-corrected chi connectivity index (χ2v) is 11.3. The predicted octanol–water partition coefficient (Wildman–Crippen LogP) is 5.93. The Morgan fingerprint density at radius 3 is 2.79 bits per heavy atom. The average molecular weight is 522 g/mol. The van der Waals surface area contributed by atoms with Crippen LogP contribution in [0.25, 0.3) is 5.57 Å². The van der Waals surface area contributed by atoms with E-state index in [1.807, 2.05) is 18.3 Å². The first-order valence-electron chi connectivity index (χ1n) is 10.4. The molecule has 1 saturated carbocycles. The van der Waals surface area contributed by atoms with Gasteiger partial charge in [-0.25, -0.2) is 4.79 Å². The van der Waals surface area contributed by atoms with Crippen LogP contribution in [0.5, 0.6) is 0 Å². The quantitative estimate of drug-likeness (QED) is 0.495. The lowest BCUT2D eigenvalue weighted by atomic mass is 9.75. The van der Waals surface area contributed by atoms with Gasteiger partial charge < -0.3 is 5.11 Å². The highest BCUT2D eigenvalue weighted by Gasteiger charge is 2.31. The smallest absolute Gasteiger partial charge is 0.346 e. The summed E-state index contributed by atoms with van der Waals surface area (Å²) in [6, 6.07) is 8.18. The molecule has 0 unspecified atom stereocenters. The first kappa shape index (κ1) is 21.0. The summed E-state index contributed by atoms with van der Waals surface area (Å²) in [4.78, 5) is 19.4. The molecule has 0 saturated heterocycles. The van der Waals surface area contributed by atoms with Crippen molar-refractivity contribution in [2.45, 2.75) is 45.6 Å². The number of hydrogen-bond donors (Lipinski definition) is 1. The van der Waals surface area contributed by atoms with E-state index in [0.29, 0.717) is 10.8 Å². The van der Waals surface area contributed by atoms with Crippen molar-refractivity contribution in [3.8, 4) is 0 Å². The van der Waals surface area contributed by atoms with Crippen LogP contribution in [-0.2, 0) is 6.54 Å². The highest BCUT2D eigenvalue weighted by Crippen LogP contribution is 2.42. The fraction of sp³-hybridized carbons (Fsp3) is 0.478. The second-order valence-electron chi connectivity index (χ2n) is 8.34. The van der Waals surface area contributed by atoms with Crippen molar-refractivity contribution in [3.05, 3.63) is 55.1 Å². The lowest BCUT2D eigenvalue weighted by molar-refractivity contribution is 0.0702. The molecule has 0 atom stereocenters. The van der Waals surface area contributed by atoms with Gasteiger partial charge in [-0.15, -0.1) is 11.3 Å². The van der Waals surface area contributed by atoms with Crippen molar-refractivity contribution in [1.82, 2.24) is 9.88 Å². The van der Waals surface area contributed by atoms with Crippen molar-refractivity contribution in [2.75, 3.05) is 13.1 Å². The van der Waals surface area contributed by atoms with Crippen LogP contribution in [0.4, 0.5) is 0 Å². The van der Waals surface area contributed by atoms with E-state index < -0.39 is 5.97 Å². The second kappa shape index (κ2) is 9.27. The average Bonchev–Trinajstić information content (AvgIpc) is 3.11. The Hall–Kier alpha value is -1.25. The Bertz CT molecular complexity index is 901. The van der Waals surface area contributed by atoms with Gasteiger partial charge in [0.05, 0.1) is 8.58 Å². The summed E-state index contributed by atoms with van der Waals surface area (Å²) in [6.07, 6.45) is 7.77. The Morgan fingerprint density at radius 1 is 1.31 bits per heavy atom. The molecule has 0 bridgehead atoms. The molecule has 29 heavy (non-hydrogen) atoms. The third-order valence-corrected chi connectivity index (χ3v) is 8.18. The van der Waals surface area contributed by atoms with Crippen molar-refractivity contribution in [2.24, 2.45) is 11.8 Å². The van der Waals surface area contributed by atoms with E-state index in [1.54, 1.807) is 0 Å². The van der Waals surface area contributed by atoms with Gasteiger partial charge in [-0.1, -0.05) is 25.8 Å². The number of carboxylic acid groups (broad SMARTS) is 1. The fourth-order valence-corrected chi connectivity index (χ4v) is 6.46. The Kier molecular flexibility index (Phi) is 6.71. The highest BCUT2D eigenvalue weighted by molar-refractivity contribution is 14.1. The predicted molar refractivity (Wildman–Crippen MR) is 126 cm³/mol. The molecule has 0 radical (unpaired) electrons. The van der Waals surface area contributed by atoms with Crippen LogP contribution >= 0.6 is 33.9 Å². The number of aromatic carboxylic acids is 1. The Labute approximate surface area is 190 Å². The topological polar surface area (TPSA) is 53.4 Å². The van der Waals surface area contributed by atoms with Crippen LogP contribution in [0.2, 0.25) is 0 Å². The summed E-state index contributed by atoms with van der Waals surface area (Å²) in [5, 5.41) is 9.75. The first-order valence-corrected chi connectivity index (χ1v) is 12.3. The zero-order valence-electron chi connectivity index (χ0n) is 16.7. The molecule has 0 amide bonds. The fourth-order valence-electron chi connectivity index (χ4n) is 4.74. The monoisotopic (exact) mass is 522 g/mol. The lowest BCUT2D eigenvalue weighted by Gasteiger charge is -2.37. The Balaban J connectivity index is 1.67. The molecule has 3 heterocycles. The summed E-state index contributed by atoms with van der Waals surface area (Å²) in [5.74, 6) is 0.583. The molecular formula is C23H27IN2O2S. The summed E-state index contributed by atoms with van der Waals surface area (Å²) < 4.78 is 1.05. The van der Waals surface area contributed by atoms with Gasteiger partial charge >= 0.3 is 5.97 Å².